The van der Waals surface area contributed by atoms with Gasteiger partial charge in [0.05, 0.1) is 5.92 Å². The van der Waals surface area contributed by atoms with E-state index >= 15 is 0 Å². The van der Waals surface area contributed by atoms with Crippen molar-refractivity contribution in [3.63, 3.8) is 0 Å². The van der Waals surface area contributed by atoms with Crippen molar-refractivity contribution in [2.75, 3.05) is 20.8 Å². The molecule has 1 N–H and O–H groups in total. The number of benzene rings is 1. The fraction of sp³-hybridized carbons (Fsp3) is 0.680. The van der Waals surface area contributed by atoms with E-state index in [9.17, 15) is 14.7 Å². The highest BCUT2D eigenvalue weighted by atomic mass is 16.6. The molecule has 1 aromatic rings. The number of piperidine rings is 2. The number of esters is 2. The highest BCUT2D eigenvalue weighted by molar-refractivity contribution is 5.88. The molecule has 3 unspecified atom stereocenters. The third-order valence-electron chi connectivity index (χ3n) is 9.04. The molecule has 31 heavy (non-hydrogen) atoms. The molecule has 1 saturated carbocycles. The molecule has 2 saturated heterocycles. The van der Waals surface area contributed by atoms with Crippen LogP contribution in [0.15, 0.2) is 18.2 Å². The Labute approximate surface area is 184 Å². The zero-order valence-electron chi connectivity index (χ0n) is 19.4. The Bertz CT molecular complexity index is 900. The Balaban J connectivity index is 1.68. The minimum Gasteiger partial charge on any atom is -0.508 e. The number of hydrogen-bond donors (Lipinski definition) is 1. The van der Waals surface area contributed by atoms with Gasteiger partial charge in [0.1, 0.15) is 5.75 Å². The quantitative estimate of drug-likeness (QED) is 0.423. The number of hydrogen-bond acceptors (Lipinski definition) is 6. The SMILES string of the molecule is CCC12C[C@]3(C)c4cc(O)ccc4CC(N1C)[C@]3(C)CC2C(=O)OC(=O)CCCOC. The van der Waals surface area contributed by atoms with Crippen LogP contribution in [0.5, 0.6) is 5.75 Å². The lowest BCUT2D eigenvalue weighted by molar-refractivity contribution is -0.213. The molecule has 0 aromatic heterocycles. The van der Waals surface area contributed by atoms with Crippen molar-refractivity contribution in [2.24, 2.45) is 11.3 Å². The van der Waals surface area contributed by atoms with Crippen LogP contribution in [0.1, 0.15) is 64.0 Å². The van der Waals surface area contributed by atoms with E-state index in [1.165, 1.54) is 11.1 Å². The first-order chi connectivity index (χ1) is 14.6. The van der Waals surface area contributed by atoms with Crippen LogP contribution in [0.2, 0.25) is 0 Å². The molecule has 0 spiro atoms. The molecule has 4 aliphatic rings. The summed E-state index contributed by atoms with van der Waals surface area (Å²) in [5, 5.41) is 10.2. The van der Waals surface area contributed by atoms with Gasteiger partial charge in [-0.2, -0.15) is 0 Å². The van der Waals surface area contributed by atoms with Gasteiger partial charge in [-0.1, -0.05) is 26.8 Å². The van der Waals surface area contributed by atoms with Crippen LogP contribution in [0.4, 0.5) is 0 Å². The average molecular weight is 430 g/mol. The number of phenols is 1. The molecule has 4 bridgehead atoms. The molecule has 0 radical (unpaired) electrons. The largest absolute Gasteiger partial charge is 0.508 e. The first-order valence-corrected chi connectivity index (χ1v) is 11.4. The second kappa shape index (κ2) is 7.59. The van der Waals surface area contributed by atoms with Gasteiger partial charge in [-0.15, -0.1) is 0 Å². The summed E-state index contributed by atoms with van der Waals surface area (Å²) < 4.78 is 10.3. The monoisotopic (exact) mass is 429 g/mol. The summed E-state index contributed by atoms with van der Waals surface area (Å²) in [5.41, 5.74) is 1.80. The Morgan fingerprint density at radius 3 is 2.71 bits per heavy atom. The molecule has 2 aliphatic carbocycles. The number of aromatic hydroxyl groups is 1. The molecule has 2 aliphatic heterocycles. The van der Waals surface area contributed by atoms with E-state index in [0.717, 1.165) is 19.3 Å². The number of phenolic OH excluding ortho intramolecular Hbond substituents is 1. The maximum Gasteiger partial charge on any atom is 0.318 e. The molecular weight excluding hydrogens is 394 g/mol. The van der Waals surface area contributed by atoms with Crippen molar-refractivity contribution in [2.45, 2.75) is 76.3 Å². The van der Waals surface area contributed by atoms with Gasteiger partial charge in [0.25, 0.3) is 0 Å². The standard InChI is InChI=1S/C25H35NO5/c1-6-25-15-24(3)18-13-17(27)10-9-16(18)12-20(26(25)4)23(24,2)14-19(25)22(29)31-21(28)8-7-11-30-5/h9-10,13,19-20,27H,6-8,11-12,14-15H2,1-5H3/t19?,20?,23-,24+,25?/m0/s1. The molecule has 170 valence electrons. The number of nitrogens with zero attached hydrogens (tertiary/aromatic N) is 1. The van der Waals surface area contributed by atoms with Gasteiger partial charge in [-0.25, -0.2) is 0 Å². The second-order valence-electron chi connectivity index (χ2n) is 10.2. The van der Waals surface area contributed by atoms with E-state index in [-0.39, 0.29) is 34.7 Å². The van der Waals surface area contributed by atoms with Gasteiger partial charge >= 0.3 is 11.9 Å². The average Bonchev–Trinajstić information content (AvgIpc) is 2.72. The van der Waals surface area contributed by atoms with Crippen LogP contribution < -0.4 is 0 Å². The van der Waals surface area contributed by atoms with Gasteiger partial charge in [0.15, 0.2) is 0 Å². The fourth-order valence-corrected chi connectivity index (χ4v) is 7.14. The van der Waals surface area contributed by atoms with Crippen LogP contribution in [-0.2, 0) is 30.9 Å². The van der Waals surface area contributed by atoms with E-state index in [2.05, 4.69) is 32.7 Å². The maximum absolute atomic E-state index is 13.3. The lowest BCUT2D eigenvalue weighted by atomic mass is 9.39. The Kier molecular flexibility index (Phi) is 5.46. The number of rotatable bonds is 6. The number of fused-ring (bicyclic) bond motifs is 2. The molecule has 2 heterocycles. The maximum atomic E-state index is 13.3. The van der Waals surface area contributed by atoms with Crippen molar-refractivity contribution in [1.82, 2.24) is 4.90 Å². The Hall–Kier alpha value is -1.92. The molecule has 3 fully saturated rings. The van der Waals surface area contributed by atoms with Crippen LogP contribution in [0.25, 0.3) is 0 Å². The van der Waals surface area contributed by atoms with Crippen molar-refractivity contribution >= 4 is 11.9 Å². The zero-order valence-corrected chi connectivity index (χ0v) is 19.4. The minimum absolute atomic E-state index is 0.161. The van der Waals surface area contributed by atoms with Gasteiger partial charge in [0, 0.05) is 37.1 Å². The van der Waals surface area contributed by atoms with E-state index in [0.29, 0.717) is 31.2 Å². The van der Waals surface area contributed by atoms with Gasteiger partial charge in [-0.3, -0.25) is 14.5 Å². The molecule has 6 heteroatoms. The van der Waals surface area contributed by atoms with Gasteiger partial charge < -0.3 is 14.6 Å². The summed E-state index contributed by atoms with van der Waals surface area (Å²) >= 11 is 0. The van der Waals surface area contributed by atoms with Crippen molar-refractivity contribution in [3.05, 3.63) is 29.3 Å². The lowest BCUT2D eigenvalue weighted by Crippen LogP contribution is -2.79. The zero-order chi connectivity index (χ0) is 22.6. The van der Waals surface area contributed by atoms with E-state index in [1.807, 2.05) is 12.1 Å². The highest BCUT2D eigenvalue weighted by Gasteiger charge is 2.71. The summed E-state index contributed by atoms with van der Waals surface area (Å²) in [6.07, 6.45) is 3.92. The number of ether oxygens (including phenoxy) is 2. The Morgan fingerprint density at radius 2 is 2.03 bits per heavy atom. The normalized spacial score (nSPS) is 36.2. The van der Waals surface area contributed by atoms with Gasteiger partial charge in [-0.05, 0) is 67.8 Å². The van der Waals surface area contributed by atoms with Crippen LogP contribution in [-0.4, -0.2) is 54.3 Å². The number of methoxy groups -OCH3 is 1. The molecule has 0 amide bonds. The predicted molar refractivity (Wildman–Crippen MR) is 117 cm³/mol. The van der Waals surface area contributed by atoms with E-state index in [1.54, 1.807) is 13.2 Å². The minimum atomic E-state index is -0.468. The molecule has 5 rings (SSSR count). The second-order valence-corrected chi connectivity index (χ2v) is 10.2. The van der Waals surface area contributed by atoms with Crippen LogP contribution >= 0.6 is 0 Å². The van der Waals surface area contributed by atoms with E-state index < -0.39 is 5.97 Å². The smallest absolute Gasteiger partial charge is 0.318 e. The number of likely N-dealkylation sites (N-methyl/N-ethyl adjacent to an activating group) is 1. The summed E-state index contributed by atoms with van der Waals surface area (Å²) in [5.74, 6) is -0.911. The predicted octanol–water partition coefficient (Wildman–Crippen LogP) is 3.58. The third kappa shape index (κ3) is 3.05. The number of carbonyl (C=O) groups excluding carboxylic acids is 2. The lowest BCUT2D eigenvalue weighted by Gasteiger charge is -2.73. The summed E-state index contributed by atoms with van der Waals surface area (Å²) in [6, 6.07) is 6.04. The van der Waals surface area contributed by atoms with Crippen molar-refractivity contribution in [1.29, 1.82) is 0 Å². The Morgan fingerprint density at radius 1 is 1.29 bits per heavy atom. The third-order valence-corrected chi connectivity index (χ3v) is 9.04. The summed E-state index contributed by atoms with van der Waals surface area (Å²) in [6.45, 7) is 7.18. The highest BCUT2D eigenvalue weighted by Crippen LogP contribution is 2.69. The van der Waals surface area contributed by atoms with E-state index in [4.69, 9.17) is 9.47 Å². The van der Waals surface area contributed by atoms with Crippen LogP contribution in [0.3, 0.4) is 0 Å². The van der Waals surface area contributed by atoms with Gasteiger partial charge in [0.2, 0.25) is 0 Å². The first-order valence-electron chi connectivity index (χ1n) is 11.4. The summed E-state index contributed by atoms with van der Waals surface area (Å²) in [4.78, 5) is 27.9. The molecule has 1 aromatic carbocycles. The number of carbonyl (C=O) groups is 2. The molecule has 6 nitrogen and oxygen atoms in total. The first kappa shape index (κ1) is 22.3. The fourth-order valence-electron chi connectivity index (χ4n) is 7.14. The van der Waals surface area contributed by atoms with Crippen LogP contribution in [0, 0.1) is 11.3 Å². The molecular formula is C25H35NO5. The van der Waals surface area contributed by atoms with Crippen molar-refractivity contribution < 1.29 is 24.2 Å². The topological polar surface area (TPSA) is 76.1 Å². The molecule has 5 atom stereocenters. The van der Waals surface area contributed by atoms with Crippen molar-refractivity contribution in [3.8, 4) is 5.75 Å². The summed E-state index contributed by atoms with van der Waals surface area (Å²) in [7, 11) is 3.73.